The van der Waals surface area contributed by atoms with Crippen LogP contribution < -0.4 is 10.1 Å². The minimum Gasteiger partial charge on any atom is -0.494 e. The van der Waals surface area contributed by atoms with Crippen LogP contribution in [0.3, 0.4) is 0 Å². The largest absolute Gasteiger partial charge is 0.494 e. The van der Waals surface area contributed by atoms with E-state index in [-0.39, 0.29) is 30.0 Å². The van der Waals surface area contributed by atoms with Crippen LogP contribution in [0.25, 0.3) is 0 Å². The second-order valence-electron chi connectivity index (χ2n) is 9.46. The fourth-order valence-electron chi connectivity index (χ4n) is 5.85. The summed E-state index contributed by atoms with van der Waals surface area (Å²) in [5, 5.41) is 14.1. The molecule has 36 heavy (non-hydrogen) atoms. The number of rotatable bonds is 8. The van der Waals surface area contributed by atoms with Gasteiger partial charge in [-0.25, -0.2) is 4.79 Å². The van der Waals surface area contributed by atoms with Crippen LogP contribution in [0.4, 0.5) is 10.5 Å². The second kappa shape index (κ2) is 11.1. The zero-order chi connectivity index (χ0) is 25.8. The van der Waals surface area contributed by atoms with E-state index in [0.29, 0.717) is 31.7 Å². The fourth-order valence-corrected chi connectivity index (χ4v) is 5.85. The Labute approximate surface area is 213 Å². The molecule has 1 saturated heterocycles. The van der Waals surface area contributed by atoms with Crippen LogP contribution in [0.15, 0.2) is 55.1 Å². The molecule has 2 aliphatic heterocycles. The number of carbonyl (C=O) groups excluding carboxylic acids is 1. The highest BCUT2D eigenvalue weighted by Crippen LogP contribution is 2.52. The lowest BCUT2D eigenvalue weighted by Crippen LogP contribution is -2.52. The van der Waals surface area contributed by atoms with Crippen molar-refractivity contribution in [1.29, 1.82) is 0 Å². The standard InChI is InChI=1S/C29H37N3O4/c1-5-9-21-13-16-23-26(19-10-14-22(15-11-19)36-8-4)30-25-17-12-20(28(33)31(6-2)7-3)18-24(25)27(23)32(21)29(34)35/h5,10-12,14-15,17-18,21,23,26-27,30H,1,6-9,13,16H2,2-4H3,(H,34,35). The van der Waals surface area contributed by atoms with Crippen molar-refractivity contribution in [2.75, 3.05) is 25.0 Å². The molecule has 2 amide bonds. The van der Waals surface area contributed by atoms with Gasteiger partial charge < -0.3 is 20.1 Å². The first kappa shape index (κ1) is 25.6. The van der Waals surface area contributed by atoms with Crippen LogP contribution >= 0.6 is 0 Å². The molecule has 0 spiro atoms. The number of hydrogen-bond donors (Lipinski definition) is 2. The van der Waals surface area contributed by atoms with E-state index in [2.05, 4.69) is 24.0 Å². The lowest BCUT2D eigenvalue weighted by Gasteiger charge is -2.51. The highest BCUT2D eigenvalue weighted by atomic mass is 16.5. The van der Waals surface area contributed by atoms with Gasteiger partial charge in [-0.05, 0) is 81.5 Å². The number of carbonyl (C=O) groups is 2. The summed E-state index contributed by atoms with van der Waals surface area (Å²) in [5.41, 5.74) is 3.43. The minimum atomic E-state index is -0.935. The summed E-state index contributed by atoms with van der Waals surface area (Å²) in [5.74, 6) is 0.801. The van der Waals surface area contributed by atoms with Crippen LogP contribution in [0, 0.1) is 5.92 Å². The third-order valence-electron chi connectivity index (χ3n) is 7.55. The summed E-state index contributed by atoms with van der Waals surface area (Å²) >= 11 is 0. The predicted octanol–water partition coefficient (Wildman–Crippen LogP) is 6.11. The van der Waals surface area contributed by atoms with Crippen molar-refractivity contribution in [1.82, 2.24) is 9.80 Å². The molecule has 7 heteroatoms. The third kappa shape index (κ3) is 4.79. The molecule has 4 unspecified atom stereocenters. The number of anilines is 1. The van der Waals surface area contributed by atoms with Gasteiger partial charge in [-0.2, -0.15) is 0 Å². The number of amides is 2. The molecular formula is C29H37N3O4. The Bertz CT molecular complexity index is 1100. The molecular weight excluding hydrogens is 454 g/mol. The summed E-state index contributed by atoms with van der Waals surface area (Å²) in [6.45, 7) is 11.6. The van der Waals surface area contributed by atoms with Crippen molar-refractivity contribution >= 4 is 17.7 Å². The molecule has 1 fully saturated rings. The van der Waals surface area contributed by atoms with Crippen molar-refractivity contribution in [2.24, 2.45) is 5.92 Å². The van der Waals surface area contributed by atoms with E-state index in [1.807, 2.05) is 51.1 Å². The zero-order valence-electron chi connectivity index (χ0n) is 21.4. The van der Waals surface area contributed by atoms with Crippen molar-refractivity contribution in [2.45, 2.75) is 58.2 Å². The van der Waals surface area contributed by atoms with Gasteiger partial charge in [-0.3, -0.25) is 9.69 Å². The van der Waals surface area contributed by atoms with Gasteiger partial charge >= 0.3 is 6.09 Å². The van der Waals surface area contributed by atoms with Gasteiger partial charge in [0, 0.05) is 36.3 Å². The normalized spacial score (nSPS) is 22.6. The van der Waals surface area contributed by atoms with Crippen molar-refractivity contribution < 1.29 is 19.4 Å². The molecule has 192 valence electrons. The van der Waals surface area contributed by atoms with Crippen LogP contribution in [-0.2, 0) is 0 Å². The monoisotopic (exact) mass is 491 g/mol. The molecule has 4 atom stereocenters. The highest BCUT2D eigenvalue weighted by molar-refractivity contribution is 5.95. The Kier molecular flexibility index (Phi) is 7.87. The molecule has 2 aromatic rings. The van der Waals surface area contributed by atoms with E-state index in [0.717, 1.165) is 35.4 Å². The molecule has 0 saturated carbocycles. The summed E-state index contributed by atoms with van der Waals surface area (Å²) in [4.78, 5) is 29.2. The average molecular weight is 492 g/mol. The van der Waals surface area contributed by atoms with Crippen molar-refractivity contribution in [3.05, 3.63) is 71.8 Å². The van der Waals surface area contributed by atoms with Crippen molar-refractivity contribution in [3.8, 4) is 5.75 Å². The molecule has 7 nitrogen and oxygen atoms in total. The first-order chi connectivity index (χ1) is 17.4. The van der Waals surface area contributed by atoms with E-state index in [4.69, 9.17) is 4.74 Å². The number of fused-ring (bicyclic) bond motifs is 3. The molecule has 2 aliphatic rings. The van der Waals surface area contributed by atoms with Gasteiger partial charge in [0.15, 0.2) is 0 Å². The van der Waals surface area contributed by atoms with E-state index >= 15 is 0 Å². The third-order valence-corrected chi connectivity index (χ3v) is 7.55. The van der Waals surface area contributed by atoms with Gasteiger partial charge in [0.05, 0.1) is 18.7 Å². The minimum absolute atomic E-state index is 0.0198. The number of nitrogens with zero attached hydrogens (tertiary/aromatic N) is 2. The van der Waals surface area contributed by atoms with E-state index in [1.54, 1.807) is 15.9 Å². The Balaban J connectivity index is 1.80. The Morgan fingerprint density at radius 3 is 2.47 bits per heavy atom. The Hall–Kier alpha value is -3.48. The predicted molar refractivity (Wildman–Crippen MR) is 142 cm³/mol. The number of carboxylic acid groups (broad SMARTS) is 1. The van der Waals surface area contributed by atoms with E-state index in [9.17, 15) is 14.7 Å². The second-order valence-corrected chi connectivity index (χ2v) is 9.46. The topological polar surface area (TPSA) is 82.1 Å². The number of piperidine rings is 1. The van der Waals surface area contributed by atoms with Gasteiger partial charge in [-0.15, -0.1) is 6.58 Å². The van der Waals surface area contributed by atoms with Crippen LogP contribution in [-0.4, -0.2) is 52.6 Å². The molecule has 4 rings (SSSR count). The maximum atomic E-state index is 13.2. The van der Waals surface area contributed by atoms with Gasteiger partial charge in [0.1, 0.15) is 5.75 Å². The van der Waals surface area contributed by atoms with Crippen molar-refractivity contribution in [3.63, 3.8) is 0 Å². The summed E-state index contributed by atoms with van der Waals surface area (Å²) < 4.78 is 5.62. The SMILES string of the molecule is C=CCC1CCC2C(c3ccc(OCC)cc3)Nc3ccc(C(=O)N(CC)CC)cc3C2N1C(=O)O. The summed E-state index contributed by atoms with van der Waals surface area (Å²) in [7, 11) is 0. The molecule has 0 bridgehead atoms. The van der Waals surface area contributed by atoms with Crippen LogP contribution in [0.5, 0.6) is 5.75 Å². The van der Waals surface area contributed by atoms with Crippen LogP contribution in [0.2, 0.25) is 0 Å². The zero-order valence-corrected chi connectivity index (χ0v) is 21.4. The van der Waals surface area contributed by atoms with Gasteiger partial charge in [0.2, 0.25) is 0 Å². The van der Waals surface area contributed by atoms with E-state index in [1.165, 1.54) is 0 Å². The maximum absolute atomic E-state index is 13.2. The number of likely N-dealkylation sites (tertiary alicyclic amines) is 1. The molecule has 2 heterocycles. The van der Waals surface area contributed by atoms with Gasteiger partial charge in [0.25, 0.3) is 5.91 Å². The average Bonchev–Trinajstić information content (AvgIpc) is 2.89. The number of hydrogen-bond acceptors (Lipinski definition) is 4. The highest BCUT2D eigenvalue weighted by Gasteiger charge is 2.47. The molecule has 2 aromatic carbocycles. The molecule has 2 N–H and O–H groups in total. The smallest absolute Gasteiger partial charge is 0.408 e. The van der Waals surface area contributed by atoms with E-state index < -0.39 is 6.09 Å². The molecule has 0 aromatic heterocycles. The number of benzene rings is 2. The first-order valence-corrected chi connectivity index (χ1v) is 13.0. The maximum Gasteiger partial charge on any atom is 0.408 e. The molecule has 0 radical (unpaired) electrons. The lowest BCUT2D eigenvalue weighted by atomic mass is 9.72. The Morgan fingerprint density at radius 1 is 1.14 bits per heavy atom. The lowest BCUT2D eigenvalue weighted by molar-refractivity contribution is 0.0320. The number of nitrogens with one attached hydrogen (secondary N) is 1. The summed E-state index contributed by atoms with van der Waals surface area (Å²) in [6, 6.07) is 13.2. The molecule has 0 aliphatic carbocycles. The quantitative estimate of drug-likeness (QED) is 0.436. The van der Waals surface area contributed by atoms with Gasteiger partial charge in [-0.1, -0.05) is 18.2 Å². The first-order valence-electron chi connectivity index (χ1n) is 13.0. The fraction of sp³-hybridized carbons (Fsp3) is 0.448. The summed E-state index contributed by atoms with van der Waals surface area (Å²) in [6.07, 6.45) is 3.10. The van der Waals surface area contributed by atoms with Crippen LogP contribution in [0.1, 0.15) is 73.6 Å². The number of ether oxygens (including phenoxy) is 1. The Morgan fingerprint density at radius 2 is 1.86 bits per heavy atom.